The molecule has 1 aromatic heterocycles. The van der Waals surface area contributed by atoms with Gasteiger partial charge in [-0.05, 0) is 23.6 Å². The molecule has 1 radical (unpaired) electrons. The molecule has 0 unspecified atom stereocenters. The molecule has 1 aromatic carbocycles. The number of hydrogen-bond donors (Lipinski definition) is 0. The van der Waals surface area contributed by atoms with Crippen molar-refractivity contribution in [3.63, 3.8) is 0 Å². The van der Waals surface area contributed by atoms with Gasteiger partial charge >= 0.3 is 5.97 Å². The van der Waals surface area contributed by atoms with Crippen LogP contribution in [-0.4, -0.2) is 17.1 Å². The summed E-state index contributed by atoms with van der Waals surface area (Å²) in [6, 6.07) is 10.9. The fourth-order valence-corrected chi connectivity index (χ4v) is 1.56. The quantitative estimate of drug-likeness (QED) is 0.713. The normalized spacial score (nSPS) is 10.5. The van der Waals surface area contributed by atoms with Crippen LogP contribution in [0.2, 0.25) is 0 Å². The van der Waals surface area contributed by atoms with Crippen LogP contribution in [0, 0.1) is 6.07 Å². The predicted molar refractivity (Wildman–Crippen MR) is 57.4 cm³/mol. The molecule has 0 atom stereocenters. The standard InChI is InChI=1S/C12H12NO2/c1-10(14)15-9-8-13-7-6-11-4-2-3-5-12(11)13/h2,4-7H,8-9H2,1H3. The number of nitrogens with zero attached hydrogens (tertiary/aromatic N) is 1. The molecule has 0 aliphatic carbocycles. The molecule has 0 aliphatic rings. The summed E-state index contributed by atoms with van der Waals surface area (Å²) < 4.78 is 6.94. The third kappa shape index (κ3) is 2.18. The number of rotatable bonds is 3. The molecule has 0 aliphatic heterocycles. The summed E-state index contributed by atoms with van der Waals surface area (Å²) in [5, 5.41) is 1.18. The molecule has 0 amide bonds. The van der Waals surface area contributed by atoms with Gasteiger partial charge in [-0.2, -0.15) is 0 Å². The highest BCUT2D eigenvalue weighted by molar-refractivity contribution is 5.79. The summed E-state index contributed by atoms with van der Waals surface area (Å²) in [6.07, 6.45) is 1.99. The summed E-state index contributed by atoms with van der Waals surface area (Å²) in [4.78, 5) is 10.6. The Balaban J connectivity index is 2.11. The monoisotopic (exact) mass is 202 g/mol. The number of benzene rings is 1. The average molecular weight is 202 g/mol. The van der Waals surface area contributed by atoms with E-state index in [-0.39, 0.29) is 5.97 Å². The topological polar surface area (TPSA) is 31.2 Å². The van der Waals surface area contributed by atoms with Gasteiger partial charge in [0.05, 0.1) is 6.54 Å². The van der Waals surface area contributed by atoms with E-state index in [4.69, 9.17) is 4.74 Å². The first-order valence-corrected chi connectivity index (χ1v) is 4.85. The van der Waals surface area contributed by atoms with Crippen LogP contribution >= 0.6 is 0 Å². The van der Waals surface area contributed by atoms with Crippen LogP contribution in [0.3, 0.4) is 0 Å². The van der Waals surface area contributed by atoms with E-state index in [2.05, 4.69) is 10.6 Å². The van der Waals surface area contributed by atoms with Crippen molar-refractivity contribution >= 4 is 16.9 Å². The lowest BCUT2D eigenvalue weighted by Gasteiger charge is -2.05. The lowest BCUT2D eigenvalue weighted by molar-refractivity contribution is -0.141. The molecule has 0 bridgehead atoms. The van der Waals surface area contributed by atoms with E-state index in [0.717, 1.165) is 5.52 Å². The number of carbonyl (C=O) groups excluding carboxylic acids is 1. The molecule has 0 fully saturated rings. The Bertz CT molecular complexity index is 473. The van der Waals surface area contributed by atoms with E-state index in [1.807, 2.05) is 30.5 Å². The summed E-state index contributed by atoms with van der Waals surface area (Å²) in [5.74, 6) is -0.238. The molecule has 2 rings (SSSR count). The first kappa shape index (κ1) is 9.77. The molecule has 3 heteroatoms. The summed E-state index contributed by atoms with van der Waals surface area (Å²) in [7, 11) is 0. The van der Waals surface area contributed by atoms with Gasteiger partial charge in [0.2, 0.25) is 0 Å². The van der Waals surface area contributed by atoms with Crippen molar-refractivity contribution in [1.82, 2.24) is 4.57 Å². The van der Waals surface area contributed by atoms with Gasteiger partial charge in [-0.25, -0.2) is 0 Å². The largest absolute Gasteiger partial charge is 0.464 e. The van der Waals surface area contributed by atoms with E-state index in [1.165, 1.54) is 12.3 Å². The number of carbonyl (C=O) groups is 1. The first-order chi connectivity index (χ1) is 7.27. The molecule has 1 heterocycles. The van der Waals surface area contributed by atoms with Crippen LogP contribution in [0.15, 0.2) is 30.5 Å². The number of esters is 1. The first-order valence-electron chi connectivity index (χ1n) is 4.85. The zero-order valence-electron chi connectivity index (χ0n) is 8.56. The van der Waals surface area contributed by atoms with E-state index in [9.17, 15) is 4.79 Å². The van der Waals surface area contributed by atoms with E-state index in [1.54, 1.807) is 0 Å². The fraction of sp³-hybridized carbons (Fsp3) is 0.250. The minimum Gasteiger partial charge on any atom is -0.464 e. The summed E-state index contributed by atoms with van der Waals surface area (Å²) in [6.45, 7) is 2.51. The van der Waals surface area contributed by atoms with Gasteiger partial charge in [-0.1, -0.05) is 12.1 Å². The summed E-state index contributed by atoms with van der Waals surface area (Å²) >= 11 is 0. The van der Waals surface area contributed by atoms with Crippen molar-refractivity contribution in [2.24, 2.45) is 0 Å². The maximum absolute atomic E-state index is 10.6. The Morgan fingerprint density at radius 3 is 3.20 bits per heavy atom. The smallest absolute Gasteiger partial charge is 0.302 e. The molecular formula is C12H12NO2. The Labute approximate surface area is 88.3 Å². The molecule has 0 N–H and O–H groups in total. The average Bonchev–Trinajstić information content (AvgIpc) is 2.62. The molecule has 3 nitrogen and oxygen atoms in total. The minimum absolute atomic E-state index is 0.238. The Kier molecular flexibility index (Phi) is 2.72. The van der Waals surface area contributed by atoms with Crippen molar-refractivity contribution in [2.45, 2.75) is 13.5 Å². The van der Waals surface area contributed by atoms with E-state index < -0.39 is 0 Å². The third-order valence-corrected chi connectivity index (χ3v) is 2.26. The van der Waals surface area contributed by atoms with E-state index in [0.29, 0.717) is 13.2 Å². The van der Waals surface area contributed by atoms with Gasteiger partial charge < -0.3 is 9.30 Å². The molecular weight excluding hydrogens is 190 g/mol. The molecule has 0 spiro atoms. The second-order valence-electron chi connectivity index (χ2n) is 3.33. The van der Waals surface area contributed by atoms with Crippen molar-refractivity contribution in [1.29, 1.82) is 0 Å². The van der Waals surface area contributed by atoms with Crippen LogP contribution in [0.5, 0.6) is 0 Å². The van der Waals surface area contributed by atoms with Crippen molar-refractivity contribution in [2.75, 3.05) is 6.61 Å². The van der Waals surface area contributed by atoms with Crippen molar-refractivity contribution in [3.8, 4) is 0 Å². The van der Waals surface area contributed by atoms with Crippen LogP contribution < -0.4 is 0 Å². The van der Waals surface area contributed by atoms with Crippen molar-refractivity contribution < 1.29 is 9.53 Å². The maximum atomic E-state index is 10.6. The van der Waals surface area contributed by atoms with Crippen LogP contribution in [-0.2, 0) is 16.1 Å². The molecule has 15 heavy (non-hydrogen) atoms. The zero-order chi connectivity index (χ0) is 10.7. The van der Waals surface area contributed by atoms with Gasteiger partial charge in [0, 0.05) is 18.6 Å². The van der Waals surface area contributed by atoms with Gasteiger partial charge in [-0.3, -0.25) is 4.79 Å². The maximum Gasteiger partial charge on any atom is 0.302 e. The number of fused-ring (bicyclic) bond motifs is 1. The van der Waals surface area contributed by atoms with Gasteiger partial charge in [0.1, 0.15) is 6.61 Å². The molecule has 0 saturated heterocycles. The lowest BCUT2D eigenvalue weighted by atomic mass is 10.2. The Hall–Kier alpha value is -1.77. The van der Waals surface area contributed by atoms with Crippen LogP contribution in [0.25, 0.3) is 10.9 Å². The lowest BCUT2D eigenvalue weighted by Crippen LogP contribution is -2.07. The zero-order valence-corrected chi connectivity index (χ0v) is 8.56. The third-order valence-electron chi connectivity index (χ3n) is 2.26. The van der Waals surface area contributed by atoms with Crippen molar-refractivity contribution in [3.05, 3.63) is 36.5 Å². The molecule has 77 valence electrons. The number of ether oxygens (including phenoxy) is 1. The van der Waals surface area contributed by atoms with Crippen LogP contribution in [0.4, 0.5) is 0 Å². The highest BCUT2D eigenvalue weighted by Crippen LogP contribution is 2.14. The molecule has 2 aromatic rings. The van der Waals surface area contributed by atoms with Gasteiger partial charge in [-0.15, -0.1) is 0 Å². The fourth-order valence-electron chi connectivity index (χ4n) is 1.56. The highest BCUT2D eigenvalue weighted by Gasteiger charge is 2.00. The van der Waals surface area contributed by atoms with Gasteiger partial charge in [0.15, 0.2) is 0 Å². The SMILES string of the molecule is CC(=O)OCCn1ccc2cc[c]cc21. The second kappa shape index (κ2) is 4.17. The van der Waals surface area contributed by atoms with Gasteiger partial charge in [0.25, 0.3) is 0 Å². The Morgan fingerprint density at radius 2 is 2.40 bits per heavy atom. The van der Waals surface area contributed by atoms with E-state index >= 15 is 0 Å². The van der Waals surface area contributed by atoms with Crippen LogP contribution in [0.1, 0.15) is 6.92 Å². The predicted octanol–water partition coefficient (Wildman–Crippen LogP) is 2.00. The second-order valence-corrected chi connectivity index (χ2v) is 3.33. The number of hydrogen-bond acceptors (Lipinski definition) is 2. The highest BCUT2D eigenvalue weighted by atomic mass is 16.5. The Morgan fingerprint density at radius 1 is 1.53 bits per heavy atom. The minimum atomic E-state index is -0.238. The molecule has 0 saturated carbocycles. The number of aromatic nitrogens is 1. The summed E-state index contributed by atoms with van der Waals surface area (Å²) in [5.41, 5.74) is 1.12.